The minimum absolute atomic E-state index is 0.204. The number of hydrogen-bond acceptors (Lipinski definition) is 3. The fraction of sp³-hybridized carbons (Fsp3) is 0.125. The van der Waals surface area contributed by atoms with Gasteiger partial charge in [0.2, 0.25) is 0 Å². The SMILES string of the molecule is O=C(COc1c(Cl)cccc1Cl)NC(=O)NCc1ccccc1. The third kappa shape index (κ3) is 5.47. The summed E-state index contributed by atoms with van der Waals surface area (Å²) in [5, 5.41) is 5.31. The number of para-hydroxylation sites is 1. The summed E-state index contributed by atoms with van der Waals surface area (Å²) in [7, 11) is 0. The van der Waals surface area contributed by atoms with Gasteiger partial charge in [-0.15, -0.1) is 0 Å². The summed E-state index contributed by atoms with van der Waals surface area (Å²) in [4.78, 5) is 23.3. The number of carbonyl (C=O) groups is 2. The van der Waals surface area contributed by atoms with Crippen molar-refractivity contribution in [3.8, 4) is 5.75 Å². The summed E-state index contributed by atoms with van der Waals surface area (Å²) in [6, 6.07) is 13.6. The monoisotopic (exact) mass is 352 g/mol. The van der Waals surface area contributed by atoms with Crippen molar-refractivity contribution in [1.82, 2.24) is 10.6 Å². The van der Waals surface area contributed by atoms with Gasteiger partial charge in [-0.25, -0.2) is 4.79 Å². The number of urea groups is 1. The van der Waals surface area contributed by atoms with Crippen LogP contribution in [0.5, 0.6) is 5.75 Å². The number of nitrogens with one attached hydrogen (secondary N) is 2. The molecule has 2 aromatic carbocycles. The molecule has 0 aliphatic heterocycles. The average Bonchev–Trinajstić information content (AvgIpc) is 2.53. The fourth-order valence-corrected chi connectivity index (χ4v) is 2.25. The van der Waals surface area contributed by atoms with E-state index in [1.165, 1.54) is 0 Å². The lowest BCUT2D eigenvalue weighted by Crippen LogP contribution is -2.41. The highest BCUT2D eigenvalue weighted by molar-refractivity contribution is 6.37. The van der Waals surface area contributed by atoms with Gasteiger partial charge in [0, 0.05) is 6.54 Å². The van der Waals surface area contributed by atoms with E-state index in [-0.39, 0.29) is 12.4 Å². The van der Waals surface area contributed by atoms with Gasteiger partial charge in [-0.3, -0.25) is 10.1 Å². The first-order chi connectivity index (χ1) is 11.1. The second-order valence-corrected chi connectivity index (χ2v) is 5.37. The third-order valence-corrected chi connectivity index (χ3v) is 3.41. The van der Waals surface area contributed by atoms with E-state index in [1.807, 2.05) is 30.3 Å². The molecule has 0 aliphatic carbocycles. The smallest absolute Gasteiger partial charge is 0.321 e. The zero-order valence-corrected chi connectivity index (χ0v) is 13.5. The van der Waals surface area contributed by atoms with Crippen molar-refractivity contribution in [2.45, 2.75) is 6.54 Å². The van der Waals surface area contributed by atoms with Crippen molar-refractivity contribution in [2.24, 2.45) is 0 Å². The molecule has 0 saturated heterocycles. The maximum atomic E-state index is 11.7. The molecule has 0 spiro atoms. The van der Waals surface area contributed by atoms with Gasteiger partial charge in [0.15, 0.2) is 12.4 Å². The molecule has 23 heavy (non-hydrogen) atoms. The van der Waals surface area contributed by atoms with E-state index in [4.69, 9.17) is 27.9 Å². The quantitative estimate of drug-likeness (QED) is 0.866. The van der Waals surface area contributed by atoms with Crippen LogP contribution in [0.25, 0.3) is 0 Å². The molecular weight excluding hydrogens is 339 g/mol. The number of benzene rings is 2. The number of amides is 3. The van der Waals surface area contributed by atoms with Crippen LogP contribution in [0.15, 0.2) is 48.5 Å². The van der Waals surface area contributed by atoms with Crippen LogP contribution in [-0.4, -0.2) is 18.5 Å². The molecule has 0 saturated carbocycles. The number of hydrogen-bond donors (Lipinski definition) is 2. The topological polar surface area (TPSA) is 67.4 Å². The van der Waals surface area contributed by atoms with Crippen molar-refractivity contribution in [2.75, 3.05) is 6.61 Å². The Bertz CT molecular complexity index is 673. The lowest BCUT2D eigenvalue weighted by Gasteiger charge is -2.10. The number of ether oxygens (including phenoxy) is 1. The standard InChI is InChI=1S/C16H14Cl2N2O3/c17-12-7-4-8-13(18)15(12)23-10-14(21)20-16(22)19-9-11-5-2-1-3-6-11/h1-8H,9-10H2,(H2,19,20,21,22). The highest BCUT2D eigenvalue weighted by atomic mass is 35.5. The van der Waals surface area contributed by atoms with Gasteiger partial charge in [0.1, 0.15) is 0 Å². The lowest BCUT2D eigenvalue weighted by molar-refractivity contribution is -0.122. The fourth-order valence-electron chi connectivity index (χ4n) is 1.74. The van der Waals surface area contributed by atoms with E-state index in [1.54, 1.807) is 18.2 Å². The molecule has 0 radical (unpaired) electrons. The first-order valence-electron chi connectivity index (χ1n) is 6.74. The Labute approximate surface area is 143 Å². The molecule has 0 atom stereocenters. The van der Waals surface area contributed by atoms with Crippen LogP contribution in [0.1, 0.15) is 5.56 Å². The van der Waals surface area contributed by atoms with Gasteiger partial charge in [0.05, 0.1) is 10.0 Å². The second-order valence-electron chi connectivity index (χ2n) is 4.56. The lowest BCUT2D eigenvalue weighted by atomic mass is 10.2. The first kappa shape index (κ1) is 17.1. The van der Waals surface area contributed by atoms with Gasteiger partial charge in [-0.05, 0) is 17.7 Å². The van der Waals surface area contributed by atoms with Gasteiger partial charge in [-0.2, -0.15) is 0 Å². The summed E-state index contributed by atoms with van der Waals surface area (Å²) < 4.78 is 5.24. The summed E-state index contributed by atoms with van der Waals surface area (Å²) in [5.41, 5.74) is 0.925. The molecule has 0 aromatic heterocycles. The molecule has 120 valence electrons. The van der Waals surface area contributed by atoms with Gasteiger partial charge < -0.3 is 10.1 Å². The van der Waals surface area contributed by atoms with E-state index < -0.39 is 11.9 Å². The van der Waals surface area contributed by atoms with E-state index >= 15 is 0 Å². The minimum atomic E-state index is -0.605. The summed E-state index contributed by atoms with van der Waals surface area (Å²) >= 11 is 11.8. The minimum Gasteiger partial charge on any atom is -0.481 e. The van der Waals surface area contributed by atoms with Gasteiger partial charge >= 0.3 is 6.03 Å². The highest BCUT2D eigenvalue weighted by Crippen LogP contribution is 2.32. The Hall–Kier alpha value is -2.24. The summed E-state index contributed by atoms with van der Waals surface area (Å²) in [5.74, 6) is -0.401. The van der Waals surface area contributed by atoms with Crippen LogP contribution in [0.2, 0.25) is 10.0 Å². The Morgan fingerprint density at radius 1 is 0.957 bits per heavy atom. The maximum Gasteiger partial charge on any atom is 0.321 e. The molecule has 2 aromatic rings. The largest absolute Gasteiger partial charge is 0.481 e. The molecule has 0 fully saturated rings. The van der Waals surface area contributed by atoms with E-state index in [0.717, 1.165) is 5.56 Å². The van der Waals surface area contributed by atoms with E-state index in [2.05, 4.69) is 10.6 Å². The van der Waals surface area contributed by atoms with Crippen LogP contribution in [0, 0.1) is 0 Å². The molecule has 0 unspecified atom stereocenters. The summed E-state index contributed by atoms with van der Waals surface area (Å²) in [6.45, 7) is -0.0562. The number of imide groups is 1. The molecule has 5 nitrogen and oxygen atoms in total. The van der Waals surface area contributed by atoms with Crippen molar-refractivity contribution in [1.29, 1.82) is 0 Å². The second kappa shape index (κ2) is 8.41. The molecule has 3 amide bonds. The summed E-state index contributed by atoms with van der Waals surface area (Å²) in [6.07, 6.45) is 0. The molecule has 0 heterocycles. The van der Waals surface area contributed by atoms with Crippen LogP contribution >= 0.6 is 23.2 Å². The molecule has 2 N–H and O–H groups in total. The Balaban J connectivity index is 1.77. The van der Waals surface area contributed by atoms with Crippen molar-refractivity contribution in [3.05, 3.63) is 64.1 Å². The normalized spacial score (nSPS) is 10.0. The molecule has 0 bridgehead atoms. The Morgan fingerprint density at radius 3 is 2.26 bits per heavy atom. The van der Waals surface area contributed by atoms with Crippen LogP contribution < -0.4 is 15.4 Å². The molecule has 7 heteroatoms. The van der Waals surface area contributed by atoms with Gasteiger partial charge in [-0.1, -0.05) is 59.6 Å². The zero-order chi connectivity index (χ0) is 16.7. The van der Waals surface area contributed by atoms with Crippen LogP contribution in [-0.2, 0) is 11.3 Å². The average molecular weight is 353 g/mol. The Morgan fingerprint density at radius 2 is 1.61 bits per heavy atom. The molecular formula is C16H14Cl2N2O3. The predicted molar refractivity (Wildman–Crippen MR) is 88.8 cm³/mol. The number of carbonyl (C=O) groups excluding carboxylic acids is 2. The number of rotatable bonds is 5. The zero-order valence-electron chi connectivity index (χ0n) is 12.0. The molecule has 0 aliphatic rings. The predicted octanol–water partition coefficient (Wildman–Crippen LogP) is 3.40. The Kier molecular flexibility index (Phi) is 6.26. The van der Waals surface area contributed by atoms with E-state index in [9.17, 15) is 9.59 Å². The third-order valence-electron chi connectivity index (χ3n) is 2.82. The van der Waals surface area contributed by atoms with Crippen molar-refractivity contribution in [3.63, 3.8) is 0 Å². The highest BCUT2D eigenvalue weighted by Gasteiger charge is 2.11. The maximum absolute atomic E-state index is 11.7. The van der Waals surface area contributed by atoms with Crippen molar-refractivity contribution < 1.29 is 14.3 Å². The van der Waals surface area contributed by atoms with Crippen LogP contribution in [0.3, 0.4) is 0 Å². The molecule has 2 rings (SSSR count). The van der Waals surface area contributed by atoms with Crippen molar-refractivity contribution >= 4 is 35.1 Å². The van der Waals surface area contributed by atoms with Gasteiger partial charge in [0.25, 0.3) is 5.91 Å². The van der Waals surface area contributed by atoms with E-state index in [0.29, 0.717) is 16.6 Å². The number of halogens is 2. The first-order valence-corrected chi connectivity index (χ1v) is 7.50. The van der Waals surface area contributed by atoms with Crippen LogP contribution in [0.4, 0.5) is 4.79 Å².